The Bertz CT molecular complexity index is 635. The Morgan fingerprint density at radius 1 is 0.727 bits per heavy atom. The van der Waals surface area contributed by atoms with Crippen LogP contribution in [0, 0.1) is 27.7 Å². The molecule has 2 aromatic rings. The van der Waals surface area contributed by atoms with Gasteiger partial charge in [0, 0.05) is 0 Å². The summed E-state index contributed by atoms with van der Waals surface area (Å²) in [5.41, 5.74) is 4.91. The van der Waals surface area contributed by atoms with Crippen molar-refractivity contribution in [1.29, 1.82) is 0 Å². The van der Waals surface area contributed by atoms with Gasteiger partial charge in [-0.3, -0.25) is 0 Å². The number of fused-ring (bicyclic) bond motifs is 2. The minimum absolute atomic E-state index is 0. The molecule has 1 heterocycles. The Morgan fingerprint density at radius 2 is 1.14 bits per heavy atom. The molecule has 22 heavy (non-hydrogen) atoms. The summed E-state index contributed by atoms with van der Waals surface area (Å²) in [5.74, 6) is 1.98. The quantitative estimate of drug-likeness (QED) is 0.524. The minimum atomic E-state index is -0.916. The molecule has 0 saturated carbocycles. The van der Waals surface area contributed by atoms with Crippen LogP contribution in [0.3, 0.4) is 0 Å². The van der Waals surface area contributed by atoms with Gasteiger partial charge in [-0.2, -0.15) is 0 Å². The van der Waals surface area contributed by atoms with Crippen molar-refractivity contribution in [3.63, 3.8) is 0 Å². The van der Waals surface area contributed by atoms with Crippen LogP contribution in [0.4, 0.5) is 0 Å². The number of hydrogen-bond donors (Lipinski definition) is 0. The number of aryl methyl sites for hydroxylation is 4. The van der Waals surface area contributed by atoms with E-state index in [0.717, 1.165) is 11.5 Å². The fourth-order valence-electron chi connectivity index (χ4n) is 2.47. The molecule has 0 spiro atoms. The first-order chi connectivity index (χ1) is 9.54. The Labute approximate surface area is 158 Å². The van der Waals surface area contributed by atoms with Crippen LogP contribution >= 0.6 is 11.8 Å². The molecule has 116 valence electrons. The standard InChI is InChI=1S/C16H18O2S.2ClH.Ti/c1-9-5-11(3)15(17)13(7-9)19-14-8-10(2)6-12(4)16(14)18;;;/h5-8,17-18H,1-4H3;2*1H;/q;;;+4/p-4. The molecular formula is C16H16Cl2O2STi. The van der Waals surface area contributed by atoms with Gasteiger partial charge in [-0.25, -0.2) is 0 Å². The van der Waals surface area contributed by atoms with Crippen molar-refractivity contribution in [2.75, 3.05) is 0 Å². The van der Waals surface area contributed by atoms with Gasteiger partial charge in [0.15, 0.2) is 0 Å². The Kier molecular flexibility index (Phi) is 7.16. The third-order valence-electron chi connectivity index (χ3n) is 3.28. The van der Waals surface area contributed by atoms with E-state index in [-0.39, 0.29) is 24.8 Å². The summed E-state index contributed by atoms with van der Waals surface area (Å²) in [6.45, 7) is 8.45. The van der Waals surface area contributed by atoms with E-state index in [1.165, 1.54) is 32.0 Å². The van der Waals surface area contributed by atoms with E-state index in [2.05, 4.69) is 52.0 Å². The van der Waals surface area contributed by atoms with Gasteiger partial charge in [0.2, 0.25) is 0 Å². The summed E-state index contributed by atoms with van der Waals surface area (Å²) in [7, 11) is 0. The first kappa shape index (κ1) is 19.7. The number of hydrogen-bond acceptors (Lipinski definition) is 3. The Balaban J connectivity index is 0.00000121. The van der Waals surface area contributed by atoms with Crippen LogP contribution in [0.5, 0.6) is 11.5 Å². The van der Waals surface area contributed by atoms with Gasteiger partial charge in [-0.1, -0.05) is 0 Å². The third-order valence-corrected chi connectivity index (χ3v) is 5.22. The summed E-state index contributed by atoms with van der Waals surface area (Å²) in [6.07, 6.45) is 0. The molecule has 0 bridgehead atoms. The van der Waals surface area contributed by atoms with Crippen molar-refractivity contribution in [2.24, 2.45) is 0 Å². The maximum atomic E-state index is 5.94. The first-order valence-electron chi connectivity index (χ1n) is 6.53. The number of rotatable bonds is 0. The van der Waals surface area contributed by atoms with E-state index in [1.807, 2.05) is 0 Å². The van der Waals surface area contributed by atoms with E-state index in [4.69, 9.17) is 6.64 Å². The minimum Gasteiger partial charge on any atom is -1.00 e. The maximum Gasteiger partial charge on any atom is -1.00 e. The molecule has 0 amide bonds. The van der Waals surface area contributed by atoms with Gasteiger partial charge in [-0.15, -0.1) is 0 Å². The monoisotopic (exact) mass is 390 g/mol. The summed E-state index contributed by atoms with van der Waals surface area (Å²) in [5, 5.41) is 0. The van der Waals surface area contributed by atoms with Gasteiger partial charge in [-0.05, 0) is 0 Å². The van der Waals surface area contributed by atoms with Crippen molar-refractivity contribution < 1.29 is 51.4 Å². The summed E-state index contributed by atoms with van der Waals surface area (Å²) in [6, 6.07) is 8.73. The molecular weight excluding hydrogens is 375 g/mol. The summed E-state index contributed by atoms with van der Waals surface area (Å²) in [4.78, 5) is 2.39. The van der Waals surface area contributed by atoms with Gasteiger partial charge in [0.1, 0.15) is 0 Å². The average Bonchev–Trinajstić information content (AvgIpc) is 2.31. The molecule has 0 N–H and O–H groups in total. The zero-order valence-corrected chi connectivity index (χ0v) is 16.7. The number of halogens is 2. The molecule has 6 heteroatoms. The van der Waals surface area contributed by atoms with E-state index in [9.17, 15) is 0 Å². The Hall–Kier alpha value is -0.316. The molecule has 0 fully saturated rings. The number of benzene rings is 2. The second-order valence-electron chi connectivity index (χ2n) is 5.21. The molecule has 0 aromatic heterocycles. The van der Waals surface area contributed by atoms with Crippen LogP contribution in [-0.2, 0) is 19.9 Å². The molecule has 1 aliphatic heterocycles. The average molecular weight is 391 g/mol. The molecule has 2 aromatic carbocycles. The van der Waals surface area contributed by atoms with E-state index in [0.29, 0.717) is 0 Å². The molecule has 3 rings (SSSR count). The van der Waals surface area contributed by atoms with Crippen LogP contribution in [0.15, 0.2) is 34.1 Å². The fourth-order valence-corrected chi connectivity index (χ4v) is 5.19. The van der Waals surface area contributed by atoms with Crippen LogP contribution in [-0.4, -0.2) is 0 Å². The van der Waals surface area contributed by atoms with Crippen molar-refractivity contribution in [1.82, 2.24) is 0 Å². The molecule has 0 atom stereocenters. The van der Waals surface area contributed by atoms with Crippen molar-refractivity contribution in [3.8, 4) is 11.5 Å². The second-order valence-corrected chi connectivity index (χ2v) is 7.19. The first-order valence-corrected chi connectivity index (χ1v) is 8.63. The van der Waals surface area contributed by atoms with Crippen LogP contribution < -0.4 is 31.5 Å². The van der Waals surface area contributed by atoms with Gasteiger partial charge in [0.05, 0.1) is 0 Å². The molecule has 0 unspecified atom stereocenters. The SMILES string of the molecule is Cc1cc(C)c2c(c1)Sc1cc(C)cc(C)c1[O][Ti+2][O]2.[Cl-].[Cl-]. The normalized spacial score (nSPS) is 11.5. The summed E-state index contributed by atoms with van der Waals surface area (Å²) >= 11 is 0.827. The van der Waals surface area contributed by atoms with Gasteiger partial charge < -0.3 is 24.8 Å². The van der Waals surface area contributed by atoms with Crippen LogP contribution in [0.2, 0.25) is 0 Å². The second kappa shape index (κ2) is 7.98. The smallest absolute Gasteiger partial charge is 1.00 e. The zero-order valence-electron chi connectivity index (χ0n) is 12.8. The molecule has 0 aliphatic carbocycles. The zero-order chi connectivity index (χ0) is 14.3. The fraction of sp³-hybridized carbons (Fsp3) is 0.250. The van der Waals surface area contributed by atoms with Gasteiger partial charge in [0.25, 0.3) is 0 Å². The topological polar surface area (TPSA) is 18.5 Å². The van der Waals surface area contributed by atoms with Crippen molar-refractivity contribution in [3.05, 3.63) is 46.5 Å². The molecule has 0 radical (unpaired) electrons. The predicted molar refractivity (Wildman–Crippen MR) is 77.2 cm³/mol. The summed E-state index contributed by atoms with van der Waals surface area (Å²) < 4.78 is 11.9. The molecule has 2 nitrogen and oxygen atoms in total. The van der Waals surface area contributed by atoms with E-state index in [1.54, 1.807) is 11.8 Å². The molecule has 1 aliphatic rings. The van der Waals surface area contributed by atoms with Crippen molar-refractivity contribution in [2.45, 2.75) is 37.5 Å². The largest absolute Gasteiger partial charge is 1.00 e. The van der Waals surface area contributed by atoms with E-state index >= 15 is 0 Å². The van der Waals surface area contributed by atoms with E-state index < -0.39 is 19.9 Å². The van der Waals surface area contributed by atoms with Crippen molar-refractivity contribution >= 4 is 11.8 Å². The van der Waals surface area contributed by atoms with Crippen LogP contribution in [0.25, 0.3) is 0 Å². The maximum absolute atomic E-state index is 5.94. The predicted octanol–water partition coefficient (Wildman–Crippen LogP) is -1.24. The van der Waals surface area contributed by atoms with Crippen LogP contribution in [0.1, 0.15) is 22.3 Å². The van der Waals surface area contributed by atoms with Gasteiger partial charge >= 0.3 is 134 Å². The molecule has 0 saturated heterocycles. The Morgan fingerprint density at radius 3 is 1.55 bits per heavy atom. The third kappa shape index (κ3) is 3.95.